The fourth-order valence-corrected chi connectivity index (χ4v) is 13.5. The quantitative estimate of drug-likeness (QED) is 0.264. The van der Waals surface area contributed by atoms with E-state index in [0.29, 0.717) is 30.1 Å². The molecular formula is C38H59NO7. The molecule has 0 radical (unpaired) electrons. The van der Waals surface area contributed by atoms with Crippen molar-refractivity contribution in [1.29, 1.82) is 0 Å². The fourth-order valence-electron chi connectivity index (χ4n) is 13.5. The van der Waals surface area contributed by atoms with E-state index in [1.54, 1.807) is 6.92 Å². The summed E-state index contributed by atoms with van der Waals surface area (Å²) in [5.41, 5.74) is -0.845. The number of amides is 1. The molecule has 8 nitrogen and oxygen atoms in total. The molecule has 4 unspecified atom stereocenters. The molecule has 6 saturated carbocycles. The largest absolute Gasteiger partial charge is 0.481 e. The van der Waals surface area contributed by atoms with Crippen molar-refractivity contribution in [1.82, 2.24) is 5.32 Å². The number of carboxylic acid groups (broad SMARTS) is 2. The van der Waals surface area contributed by atoms with Crippen LogP contribution >= 0.6 is 0 Å². The Morgan fingerprint density at radius 1 is 0.717 bits per heavy atom. The van der Waals surface area contributed by atoms with Crippen LogP contribution in [-0.2, 0) is 23.9 Å². The smallest absolute Gasteiger partial charge is 0.325 e. The summed E-state index contributed by atoms with van der Waals surface area (Å²) < 4.78 is 6.35. The molecule has 46 heavy (non-hydrogen) atoms. The molecule has 6 rings (SSSR count). The number of nitrogens with one attached hydrogen (secondary N) is 1. The number of esters is 1. The highest BCUT2D eigenvalue weighted by molar-refractivity contribution is 5.88. The molecule has 6 fully saturated rings. The minimum Gasteiger partial charge on any atom is -0.481 e. The Bertz CT molecular complexity index is 1310. The molecule has 1 amide bonds. The molecule has 6 aliphatic carbocycles. The second-order valence-corrected chi connectivity index (χ2v) is 18.6. The van der Waals surface area contributed by atoms with Gasteiger partial charge in [-0.05, 0) is 123 Å². The SMILES string of the molecule is CC(NC(=O)[C@]12CCCC1C1CC[C@@H]3[C@@]4(C)CC[C@H](OC(=O)C5C[C@@H](C(=O)O)C5(C)C)C(C)(C)[C@@H]4CC[C@@]3(C)[C@]1(C)CC2)C(=O)O. The highest BCUT2D eigenvalue weighted by atomic mass is 16.5. The highest BCUT2D eigenvalue weighted by Crippen LogP contribution is 2.77. The monoisotopic (exact) mass is 641 g/mol. The third-order valence-electron chi connectivity index (χ3n) is 16.6. The average Bonchev–Trinajstić information content (AvgIpc) is 3.39. The lowest BCUT2D eigenvalue weighted by Gasteiger charge is -2.72. The van der Waals surface area contributed by atoms with Crippen LogP contribution in [0.4, 0.5) is 0 Å². The van der Waals surface area contributed by atoms with Crippen molar-refractivity contribution in [3.63, 3.8) is 0 Å². The summed E-state index contributed by atoms with van der Waals surface area (Å²) in [6.45, 7) is 17.6. The maximum absolute atomic E-state index is 13.8. The third kappa shape index (κ3) is 4.42. The summed E-state index contributed by atoms with van der Waals surface area (Å²) in [4.78, 5) is 50.5. The van der Waals surface area contributed by atoms with Crippen molar-refractivity contribution in [2.24, 2.45) is 68.0 Å². The summed E-state index contributed by atoms with van der Waals surface area (Å²) in [5.74, 6) is -1.21. The molecule has 3 N–H and O–H groups in total. The van der Waals surface area contributed by atoms with E-state index in [4.69, 9.17) is 4.74 Å². The van der Waals surface area contributed by atoms with E-state index in [0.717, 1.165) is 70.6 Å². The summed E-state index contributed by atoms with van der Waals surface area (Å²) >= 11 is 0. The number of fused-ring (bicyclic) bond motifs is 7. The van der Waals surface area contributed by atoms with Crippen LogP contribution in [0.15, 0.2) is 0 Å². The van der Waals surface area contributed by atoms with Crippen molar-refractivity contribution in [3.8, 4) is 0 Å². The zero-order chi connectivity index (χ0) is 33.8. The minimum absolute atomic E-state index is 0.0340. The lowest BCUT2D eigenvalue weighted by molar-refractivity contribution is -0.249. The number of aliphatic carboxylic acids is 2. The standard InChI is InChI=1S/C38H59NO7/c1-21(29(40)41)39-32(45)38-15-9-10-23(38)22-11-12-27-35(6)16-14-28(46-31(44)25-20-24(30(42)43)33(25,2)3)34(4,5)26(35)13-17-37(27,8)36(22,7)18-19-38/h21-28H,9-20H2,1-8H3,(H,39,45)(H,40,41)(H,42,43)/t21?,22?,23?,24-,25?,26-,27+,28-,35-,36+,37+,38-/m0/s1. The van der Waals surface area contributed by atoms with Gasteiger partial charge >= 0.3 is 17.9 Å². The number of ether oxygens (including phenoxy) is 1. The van der Waals surface area contributed by atoms with E-state index in [-0.39, 0.29) is 45.6 Å². The van der Waals surface area contributed by atoms with E-state index in [9.17, 15) is 29.4 Å². The number of carbonyl (C=O) groups excluding carboxylic acids is 2. The first-order valence-electron chi connectivity index (χ1n) is 18.2. The van der Waals surface area contributed by atoms with Gasteiger partial charge in [0, 0.05) is 5.41 Å². The Balaban J connectivity index is 1.21. The Morgan fingerprint density at radius 3 is 2.04 bits per heavy atom. The molecule has 8 heteroatoms. The topological polar surface area (TPSA) is 130 Å². The van der Waals surface area contributed by atoms with Crippen LogP contribution in [-0.4, -0.2) is 46.2 Å². The van der Waals surface area contributed by atoms with Crippen LogP contribution in [0.25, 0.3) is 0 Å². The van der Waals surface area contributed by atoms with Gasteiger partial charge in [-0.25, -0.2) is 0 Å². The molecule has 0 saturated heterocycles. The zero-order valence-corrected chi connectivity index (χ0v) is 29.5. The summed E-state index contributed by atoms with van der Waals surface area (Å²) in [5, 5.41) is 22.0. The molecular weight excluding hydrogens is 582 g/mol. The van der Waals surface area contributed by atoms with Gasteiger partial charge in [0.15, 0.2) is 0 Å². The van der Waals surface area contributed by atoms with Crippen LogP contribution in [0, 0.1) is 68.0 Å². The molecule has 0 aromatic rings. The van der Waals surface area contributed by atoms with Gasteiger partial charge < -0.3 is 20.3 Å². The lowest BCUT2D eigenvalue weighted by atomic mass is 9.32. The Kier molecular flexibility index (Phi) is 7.85. The summed E-state index contributed by atoms with van der Waals surface area (Å²) in [6.07, 6.45) is 11.3. The van der Waals surface area contributed by atoms with E-state index in [2.05, 4.69) is 39.9 Å². The molecule has 6 aliphatic rings. The van der Waals surface area contributed by atoms with Crippen LogP contribution in [0.1, 0.15) is 132 Å². The molecule has 0 aromatic carbocycles. The lowest BCUT2D eigenvalue weighted by Crippen LogP contribution is -2.67. The first kappa shape index (κ1) is 33.8. The van der Waals surface area contributed by atoms with Crippen molar-refractivity contribution >= 4 is 23.8 Å². The van der Waals surface area contributed by atoms with Crippen molar-refractivity contribution in [2.75, 3.05) is 0 Å². The van der Waals surface area contributed by atoms with Gasteiger partial charge in [0.2, 0.25) is 5.91 Å². The maximum atomic E-state index is 13.8. The van der Waals surface area contributed by atoms with E-state index < -0.39 is 34.7 Å². The van der Waals surface area contributed by atoms with Gasteiger partial charge in [0.1, 0.15) is 12.1 Å². The summed E-state index contributed by atoms with van der Waals surface area (Å²) in [6, 6.07) is -0.875. The fraction of sp³-hybridized carbons (Fsp3) is 0.895. The number of rotatable bonds is 6. The molecule has 0 aliphatic heterocycles. The minimum atomic E-state index is -0.982. The van der Waals surface area contributed by atoms with Crippen LogP contribution < -0.4 is 5.32 Å². The van der Waals surface area contributed by atoms with E-state index >= 15 is 0 Å². The van der Waals surface area contributed by atoms with Gasteiger partial charge in [-0.15, -0.1) is 0 Å². The van der Waals surface area contributed by atoms with Gasteiger partial charge in [0.05, 0.1) is 17.3 Å². The van der Waals surface area contributed by atoms with Gasteiger partial charge in [-0.3, -0.25) is 19.2 Å². The Labute approximate surface area is 275 Å². The van der Waals surface area contributed by atoms with E-state index in [1.807, 2.05) is 13.8 Å². The number of carbonyl (C=O) groups is 4. The number of hydrogen-bond acceptors (Lipinski definition) is 5. The van der Waals surface area contributed by atoms with Gasteiger partial charge in [-0.1, -0.05) is 54.9 Å². The molecule has 0 bridgehead atoms. The van der Waals surface area contributed by atoms with Gasteiger partial charge in [0.25, 0.3) is 0 Å². The molecule has 0 heterocycles. The predicted octanol–water partition coefficient (Wildman–Crippen LogP) is 7.09. The van der Waals surface area contributed by atoms with Crippen molar-refractivity contribution in [2.45, 2.75) is 145 Å². The van der Waals surface area contributed by atoms with Crippen molar-refractivity contribution < 1.29 is 34.1 Å². The maximum Gasteiger partial charge on any atom is 0.325 e. The first-order valence-corrected chi connectivity index (χ1v) is 18.2. The van der Waals surface area contributed by atoms with Crippen LogP contribution in [0.5, 0.6) is 0 Å². The summed E-state index contributed by atoms with van der Waals surface area (Å²) in [7, 11) is 0. The zero-order valence-electron chi connectivity index (χ0n) is 29.5. The van der Waals surface area contributed by atoms with E-state index in [1.165, 1.54) is 0 Å². The third-order valence-corrected chi connectivity index (χ3v) is 16.6. The molecule has 0 spiro atoms. The average molecular weight is 642 g/mol. The highest BCUT2D eigenvalue weighted by Gasteiger charge is 2.71. The Hall–Kier alpha value is -2.12. The predicted molar refractivity (Wildman–Crippen MR) is 173 cm³/mol. The van der Waals surface area contributed by atoms with Crippen LogP contribution in [0.3, 0.4) is 0 Å². The second-order valence-electron chi connectivity index (χ2n) is 18.6. The Morgan fingerprint density at radius 2 is 1.41 bits per heavy atom. The number of carboxylic acids is 2. The molecule has 12 atom stereocenters. The first-order chi connectivity index (χ1) is 21.3. The molecule has 0 aromatic heterocycles. The van der Waals surface area contributed by atoms with Gasteiger partial charge in [-0.2, -0.15) is 0 Å². The second kappa shape index (κ2) is 10.7. The molecule has 258 valence electrons. The normalized spacial score (nSPS) is 47.4. The number of hydrogen-bond donors (Lipinski definition) is 3. The van der Waals surface area contributed by atoms with Crippen molar-refractivity contribution in [3.05, 3.63) is 0 Å². The van der Waals surface area contributed by atoms with Crippen LogP contribution in [0.2, 0.25) is 0 Å².